The van der Waals surface area contributed by atoms with Gasteiger partial charge in [-0.05, 0) is 38.4 Å². The Labute approximate surface area is 150 Å². The maximum Gasteiger partial charge on any atom is 0.224 e. The van der Waals surface area contributed by atoms with Gasteiger partial charge >= 0.3 is 0 Å². The van der Waals surface area contributed by atoms with E-state index in [1.165, 1.54) is 0 Å². The molecule has 6 heteroatoms. The summed E-state index contributed by atoms with van der Waals surface area (Å²) in [6.07, 6.45) is 2.35. The van der Waals surface area contributed by atoms with E-state index in [0.29, 0.717) is 19.7 Å². The van der Waals surface area contributed by atoms with Crippen LogP contribution in [0.5, 0.6) is 5.75 Å². The molecule has 136 valence electrons. The monoisotopic (exact) mass is 356 g/mol. The maximum atomic E-state index is 12.0. The molecule has 5 nitrogen and oxygen atoms in total. The molecular formula is C18H29ClN2O3. The Hall–Kier alpha value is -1.30. The molecule has 2 rings (SSSR count). The molecule has 2 atom stereocenters. The lowest BCUT2D eigenvalue weighted by Gasteiger charge is -2.17. The van der Waals surface area contributed by atoms with Crippen LogP contribution in [-0.2, 0) is 16.1 Å². The smallest absolute Gasteiger partial charge is 0.224 e. The zero-order chi connectivity index (χ0) is 16.7. The summed E-state index contributed by atoms with van der Waals surface area (Å²) in [5.74, 6) is 0.828. The minimum Gasteiger partial charge on any atom is -0.491 e. The highest BCUT2D eigenvalue weighted by molar-refractivity contribution is 5.85. The first-order valence-electron chi connectivity index (χ1n) is 8.36. The molecule has 1 heterocycles. The lowest BCUT2D eigenvalue weighted by Crippen LogP contribution is -2.34. The number of ether oxygens (including phenoxy) is 2. The summed E-state index contributed by atoms with van der Waals surface area (Å²) >= 11 is 0. The van der Waals surface area contributed by atoms with Gasteiger partial charge in [-0.2, -0.15) is 0 Å². The third kappa shape index (κ3) is 6.30. The molecule has 1 fully saturated rings. The van der Waals surface area contributed by atoms with Crippen molar-refractivity contribution in [1.29, 1.82) is 0 Å². The molecule has 1 aromatic carbocycles. The van der Waals surface area contributed by atoms with Crippen LogP contribution in [-0.4, -0.2) is 38.8 Å². The molecular weight excluding hydrogens is 328 g/mol. The number of hydrogen-bond donors (Lipinski definition) is 2. The SMILES string of the molecule is CNCC(C)C(=O)NCc1ccc(C)cc1OCC1CCCO1.Cl. The van der Waals surface area contributed by atoms with Gasteiger partial charge in [0.25, 0.3) is 0 Å². The van der Waals surface area contributed by atoms with E-state index >= 15 is 0 Å². The summed E-state index contributed by atoms with van der Waals surface area (Å²) in [5, 5.41) is 6.00. The van der Waals surface area contributed by atoms with Crippen LogP contribution in [0.15, 0.2) is 18.2 Å². The van der Waals surface area contributed by atoms with Crippen molar-refractivity contribution < 1.29 is 14.3 Å². The van der Waals surface area contributed by atoms with Crippen LogP contribution in [0.4, 0.5) is 0 Å². The third-order valence-electron chi connectivity index (χ3n) is 4.08. The highest BCUT2D eigenvalue weighted by Gasteiger charge is 2.17. The summed E-state index contributed by atoms with van der Waals surface area (Å²) in [4.78, 5) is 12.0. The summed E-state index contributed by atoms with van der Waals surface area (Å²) in [7, 11) is 1.85. The molecule has 1 aromatic rings. The molecule has 0 aromatic heterocycles. The third-order valence-corrected chi connectivity index (χ3v) is 4.08. The van der Waals surface area contributed by atoms with Gasteiger partial charge in [0.2, 0.25) is 5.91 Å². The predicted molar refractivity (Wildman–Crippen MR) is 97.8 cm³/mol. The second kappa shape index (κ2) is 10.5. The molecule has 1 aliphatic rings. The van der Waals surface area contributed by atoms with E-state index in [1.54, 1.807) is 0 Å². The number of aryl methyl sites for hydroxylation is 1. The first kappa shape index (κ1) is 20.7. The Morgan fingerprint density at radius 2 is 2.25 bits per heavy atom. The number of halogens is 1. The Morgan fingerprint density at radius 3 is 2.92 bits per heavy atom. The van der Waals surface area contributed by atoms with E-state index < -0.39 is 0 Å². The summed E-state index contributed by atoms with van der Waals surface area (Å²) in [5.41, 5.74) is 2.14. The van der Waals surface area contributed by atoms with Crippen LogP contribution in [0, 0.1) is 12.8 Å². The van der Waals surface area contributed by atoms with Crippen LogP contribution < -0.4 is 15.4 Å². The van der Waals surface area contributed by atoms with Crippen molar-refractivity contribution >= 4 is 18.3 Å². The van der Waals surface area contributed by atoms with Crippen LogP contribution in [0.2, 0.25) is 0 Å². The molecule has 2 N–H and O–H groups in total. The van der Waals surface area contributed by atoms with E-state index in [2.05, 4.69) is 10.6 Å². The lowest BCUT2D eigenvalue weighted by molar-refractivity contribution is -0.124. The zero-order valence-electron chi connectivity index (χ0n) is 14.8. The zero-order valence-corrected chi connectivity index (χ0v) is 15.6. The number of rotatable bonds is 8. The summed E-state index contributed by atoms with van der Waals surface area (Å²) < 4.78 is 11.6. The van der Waals surface area contributed by atoms with Crippen LogP contribution >= 0.6 is 12.4 Å². The fourth-order valence-electron chi connectivity index (χ4n) is 2.66. The Bertz CT molecular complexity index is 519. The molecule has 1 amide bonds. The van der Waals surface area contributed by atoms with E-state index in [-0.39, 0.29) is 30.3 Å². The van der Waals surface area contributed by atoms with Gasteiger partial charge in [-0.1, -0.05) is 19.1 Å². The van der Waals surface area contributed by atoms with Crippen LogP contribution in [0.1, 0.15) is 30.9 Å². The standard InChI is InChI=1S/C18H28N2O3.ClH/c1-13-6-7-15(11-20-18(21)14(2)10-19-3)17(9-13)23-12-16-5-4-8-22-16;/h6-7,9,14,16,19H,4-5,8,10-12H2,1-3H3,(H,20,21);1H. The molecule has 2 unspecified atom stereocenters. The number of hydrogen-bond acceptors (Lipinski definition) is 4. The Balaban J connectivity index is 0.00000288. The second-order valence-electron chi connectivity index (χ2n) is 6.23. The van der Waals surface area contributed by atoms with Gasteiger partial charge in [0.15, 0.2) is 0 Å². The van der Waals surface area contributed by atoms with E-state index in [4.69, 9.17) is 9.47 Å². The molecule has 0 bridgehead atoms. The number of benzene rings is 1. The highest BCUT2D eigenvalue weighted by atomic mass is 35.5. The van der Waals surface area contributed by atoms with E-state index in [1.807, 2.05) is 39.1 Å². The minimum absolute atomic E-state index is 0. The topological polar surface area (TPSA) is 59.6 Å². The van der Waals surface area contributed by atoms with Gasteiger partial charge in [0.05, 0.1) is 6.10 Å². The number of amides is 1. The fourth-order valence-corrected chi connectivity index (χ4v) is 2.66. The van der Waals surface area contributed by atoms with Crippen molar-refractivity contribution in [2.75, 3.05) is 26.8 Å². The van der Waals surface area contributed by atoms with Gasteiger partial charge < -0.3 is 20.1 Å². The predicted octanol–water partition coefficient (Wildman–Crippen LogP) is 2.45. The van der Waals surface area contributed by atoms with E-state index in [0.717, 1.165) is 36.3 Å². The number of carbonyl (C=O) groups is 1. The maximum absolute atomic E-state index is 12.0. The van der Waals surface area contributed by atoms with E-state index in [9.17, 15) is 4.79 Å². The summed E-state index contributed by atoms with van der Waals surface area (Å²) in [6.45, 7) is 6.50. The molecule has 0 radical (unpaired) electrons. The number of carbonyl (C=O) groups excluding carboxylic acids is 1. The van der Waals surface area contributed by atoms with Crippen molar-refractivity contribution in [2.45, 2.75) is 39.3 Å². The average Bonchev–Trinajstić information content (AvgIpc) is 3.05. The molecule has 1 saturated heterocycles. The molecule has 0 aliphatic carbocycles. The quantitative estimate of drug-likeness (QED) is 0.751. The van der Waals surface area contributed by atoms with Crippen molar-refractivity contribution in [3.63, 3.8) is 0 Å². The van der Waals surface area contributed by atoms with Crippen molar-refractivity contribution in [3.8, 4) is 5.75 Å². The Kier molecular flexibility index (Phi) is 9.11. The van der Waals surface area contributed by atoms with Gasteiger partial charge in [-0.3, -0.25) is 4.79 Å². The first-order chi connectivity index (χ1) is 11.1. The lowest BCUT2D eigenvalue weighted by atomic mass is 10.1. The fraction of sp³-hybridized carbons (Fsp3) is 0.611. The first-order valence-corrected chi connectivity index (χ1v) is 8.36. The largest absolute Gasteiger partial charge is 0.491 e. The molecule has 1 aliphatic heterocycles. The summed E-state index contributed by atoms with van der Waals surface area (Å²) in [6, 6.07) is 6.08. The van der Waals surface area contributed by atoms with Gasteiger partial charge in [0.1, 0.15) is 12.4 Å². The van der Waals surface area contributed by atoms with Crippen molar-refractivity contribution in [2.24, 2.45) is 5.92 Å². The molecule has 0 spiro atoms. The molecule has 0 saturated carbocycles. The van der Waals surface area contributed by atoms with Gasteiger partial charge in [-0.25, -0.2) is 0 Å². The van der Waals surface area contributed by atoms with Gasteiger partial charge in [0, 0.05) is 31.2 Å². The van der Waals surface area contributed by atoms with Crippen molar-refractivity contribution in [3.05, 3.63) is 29.3 Å². The van der Waals surface area contributed by atoms with Crippen molar-refractivity contribution in [1.82, 2.24) is 10.6 Å². The highest BCUT2D eigenvalue weighted by Crippen LogP contribution is 2.22. The molecule has 24 heavy (non-hydrogen) atoms. The van der Waals surface area contributed by atoms with Crippen LogP contribution in [0.25, 0.3) is 0 Å². The van der Waals surface area contributed by atoms with Gasteiger partial charge in [-0.15, -0.1) is 12.4 Å². The second-order valence-corrected chi connectivity index (χ2v) is 6.23. The number of nitrogens with one attached hydrogen (secondary N) is 2. The van der Waals surface area contributed by atoms with Crippen LogP contribution in [0.3, 0.4) is 0 Å². The average molecular weight is 357 g/mol. The Morgan fingerprint density at radius 1 is 1.46 bits per heavy atom. The minimum atomic E-state index is -0.0540. The normalized spacial score (nSPS) is 17.9.